The van der Waals surface area contributed by atoms with Crippen LogP contribution in [0, 0.1) is 0 Å². The number of piperazine rings is 1. The van der Waals surface area contributed by atoms with Gasteiger partial charge in [0.2, 0.25) is 5.95 Å². The Morgan fingerprint density at radius 2 is 1.75 bits per heavy atom. The average molecular weight is 340 g/mol. The first-order valence-corrected chi connectivity index (χ1v) is 8.11. The highest BCUT2D eigenvalue weighted by molar-refractivity contribution is 5.70. The molecule has 0 spiro atoms. The Morgan fingerprint density at radius 3 is 2.21 bits per heavy atom. The summed E-state index contributed by atoms with van der Waals surface area (Å²) in [6, 6.07) is 0.0777. The van der Waals surface area contributed by atoms with Crippen molar-refractivity contribution in [3.05, 3.63) is 18.0 Å². The molecule has 1 aromatic rings. The van der Waals surface area contributed by atoms with Crippen LogP contribution in [0.3, 0.4) is 0 Å². The van der Waals surface area contributed by atoms with Crippen molar-refractivity contribution in [3.63, 3.8) is 0 Å². The molecule has 2 fully saturated rings. The smallest absolute Gasteiger partial charge is 0.410 e. The van der Waals surface area contributed by atoms with Gasteiger partial charge in [0.05, 0.1) is 17.6 Å². The number of rotatable bonds is 2. The van der Waals surface area contributed by atoms with E-state index >= 15 is 0 Å². The zero-order chi connectivity index (χ0) is 17.5. The molecule has 132 valence electrons. The van der Waals surface area contributed by atoms with Crippen molar-refractivity contribution < 1.29 is 18.3 Å². The predicted octanol–water partition coefficient (Wildman–Crippen LogP) is 3.00. The van der Waals surface area contributed by atoms with Gasteiger partial charge in [-0.3, -0.25) is 4.90 Å². The van der Waals surface area contributed by atoms with E-state index in [0.717, 1.165) is 25.2 Å². The van der Waals surface area contributed by atoms with Gasteiger partial charge in [-0.15, -0.1) is 0 Å². The molecule has 8 heteroatoms. The summed E-state index contributed by atoms with van der Waals surface area (Å²) in [5.74, 6) is 0.431. The lowest BCUT2D eigenvalue weighted by Crippen LogP contribution is -2.57. The molecule has 0 aliphatic carbocycles. The molecule has 6 nitrogen and oxygen atoms in total. The highest BCUT2D eigenvalue weighted by atomic mass is 19.3. The minimum absolute atomic E-state index is 0.0389. The Hall–Kier alpha value is -1.99. The van der Waals surface area contributed by atoms with Crippen LogP contribution in [0.5, 0.6) is 0 Å². The van der Waals surface area contributed by atoms with E-state index in [-0.39, 0.29) is 23.7 Å². The number of aromatic nitrogens is 2. The van der Waals surface area contributed by atoms with Crippen molar-refractivity contribution >= 4 is 12.0 Å². The first-order chi connectivity index (χ1) is 11.2. The Kier molecular flexibility index (Phi) is 4.31. The van der Waals surface area contributed by atoms with Gasteiger partial charge in [-0.05, 0) is 33.6 Å². The minimum Gasteiger partial charge on any atom is -0.444 e. The maximum atomic E-state index is 12.6. The number of hydrogen-bond donors (Lipinski definition) is 0. The number of alkyl halides is 2. The Labute approximate surface area is 139 Å². The maximum Gasteiger partial charge on any atom is 0.410 e. The number of anilines is 1. The van der Waals surface area contributed by atoms with E-state index in [2.05, 4.69) is 9.97 Å². The van der Waals surface area contributed by atoms with Crippen molar-refractivity contribution in [2.45, 2.75) is 57.7 Å². The van der Waals surface area contributed by atoms with Crippen LogP contribution in [0.2, 0.25) is 0 Å². The molecule has 2 atom stereocenters. The van der Waals surface area contributed by atoms with Gasteiger partial charge in [0.15, 0.2) is 0 Å². The van der Waals surface area contributed by atoms with Crippen LogP contribution < -0.4 is 4.90 Å². The summed E-state index contributed by atoms with van der Waals surface area (Å²) >= 11 is 0. The molecule has 24 heavy (non-hydrogen) atoms. The first-order valence-electron chi connectivity index (χ1n) is 8.11. The molecular weight excluding hydrogens is 318 g/mol. The molecule has 0 N–H and O–H groups in total. The Bertz CT molecular complexity index is 589. The molecule has 3 heterocycles. The number of fused-ring (bicyclic) bond motifs is 2. The molecule has 2 bridgehead atoms. The molecule has 0 radical (unpaired) electrons. The van der Waals surface area contributed by atoms with E-state index in [9.17, 15) is 13.6 Å². The van der Waals surface area contributed by atoms with Crippen LogP contribution in [0.1, 0.15) is 45.6 Å². The van der Waals surface area contributed by atoms with E-state index in [0.29, 0.717) is 19.0 Å². The van der Waals surface area contributed by atoms with Crippen LogP contribution >= 0.6 is 0 Å². The molecular formula is C16H22F2N4O2. The van der Waals surface area contributed by atoms with Gasteiger partial charge in [0.1, 0.15) is 5.60 Å². The summed E-state index contributed by atoms with van der Waals surface area (Å²) in [5, 5.41) is 0. The fraction of sp³-hybridized carbons (Fsp3) is 0.688. The lowest BCUT2D eigenvalue weighted by atomic mass is 10.2. The van der Waals surface area contributed by atoms with Crippen LogP contribution in [0.4, 0.5) is 19.5 Å². The molecule has 1 amide bonds. The summed E-state index contributed by atoms with van der Waals surface area (Å²) in [6.07, 6.45) is 1.26. The van der Waals surface area contributed by atoms with Crippen molar-refractivity contribution in [2.75, 3.05) is 18.0 Å². The molecule has 2 aliphatic heterocycles. The third-order valence-electron chi connectivity index (χ3n) is 4.28. The summed E-state index contributed by atoms with van der Waals surface area (Å²) in [6.45, 7) is 6.72. The summed E-state index contributed by atoms with van der Waals surface area (Å²) < 4.78 is 30.7. The standard InChI is InChI=1S/C16H22F2N4O2/c1-16(2,3)24-15(23)22-11-4-5-12(22)9-21(8-11)14-19-6-10(7-20-14)13(17)18/h6-7,11-13H,4-5,8-9H2,1-3H3. The van der Waals surface area contributed by atoms with Gasteiger partial charge in [-0.2, -0.15) is 0 Å². The summed E-state index contributed by atoms with van der Waals surface area (Å²) in [5.41, 5.74) is -0.712. The number of carbonyl (C=O) groups excluding carboxylic acids is 1. The van der Waals surface area contributed by atoms with Crippen molar-refractivity contribution in [1.29, 1.82) is 0 Å². The van der Waals surface area contributed by atoms with Crippen LogP contribution in [-0.4, -0.2) is 51.7 Å². The SMILES string of the molecule is CC(C)(C)OC(=O)N1C2CCC1CN(c1ncc(C(F)F)cn1)C2. The zero-order valence-corrected chi connectivity index (χ0v) is 14.1. The van der Waals surface area contributed by atoms with Crippen LogP contribution in [-0.2, 0) is 4.74 Å². The molecule has 1 aromatic heterocycles. The average Bonchev–Trinajstić information content (AvgIpc) is 2.76. The molecule has 2 unspecified atom stereocenters. The van der Waals surface area contributed by atoms with E-state index in [4.69, 9.17) is 4.74 Å². The zero-order valence-electron chi connectivity index (χ0n) is 14.1. The molecule has 3 rings (SSSR count). The van der Waals surface area contributed by atoms with E-state index in [1.54, 1.807) is 0 Å². The molecule has 0 aromatic carbocycles. The largest absolute Gasteiger partial charge is 0.444 e. The van der Waals surface area contributed by atoms with Gasteiger partial charge in [-0.1, -0.05) is 0 Å². The Morgan fingerprint density at radius 1 is 1.21 bits per heavy atom. The fourth-order valence-corrected chi connectivity index (χ4v) is 3.29. The quantitative estimate of drug-likeness (QED) is 0.828. The van der Waals surface area contributed by atoms with Crippen molar-refractivity contribution in [2.24, 2.45) is 0 Å². The number of hydrogen-bond acceptors (Lipinski definition) is 5. The van der Waals surface area contributed by atoms with Crippen molar-refractivity contribution in [1.82, 2.24) is 14.9 Å². The molecule has 0 saturated carbocycles. The van der Waals surface area contributed by atoms with E-state index in [1.807, 2.05) is 30.6 Å². The number of halogens is 2. The summed E-state index contributed by atoms with van der Waals surface area (Å²) in [4.78, 5) is 24.3. The summed E-state index contributed by atoms with van der Waals surface area (Å²) in [7, 11) is 0. The molecule has 2 saturated heterocycles. The lowest BCUT2D eigenvalue weighted by molar-refractivity contribution is 0.0122. The Balaban J connectivity index is 1.69. The second-order valence-corrected chi connectivity index (χ2v) is 7.29. The third kappa shape index (κ3) is 3.42. The highest BCUT2D eigenvalue weighted by Gasteiger charge is 2.44. The third-order valence-corrected chi connectivity index (χ3v) is 4.28. The second-order valence-electron chi connectivity index (χ2n) is 7.29. The molecule has 2 aliphatic rings. The minimum atomic E-state index is -2.57. The van der Waals surface area contributed by atoms with Gasteiger partial charge in [-0.25, -0.2) is 23.5 Å². The highest BCUT2D eigenvalue weighted by Crippen LogP contribution is 2.33. The number of carbonyl (C=O) groups is 1. The van der Waals surface area contributed by atoms with Gasteiger partial charge >= 0.3 is 6.09 Å². The fourth-order valence-electron chi connectivity index (χ4n) is 3.29. The number of nitrogens with zero attached hydrogens (tertiary/aromatic N) is 4. The second kappa shape index (κ2) is 6.14. The number of ether oxygens (including phenoxy) is 1. The van der Waals surface area contributed by atoms with Crippen LogP contribution in [0.15, 0.2) is 12.4 Å². The van der Waals surface area contributed by atoms with Gasteiger partial charge in [0, 0.05) is 25.5 Å². The van der Waals surface area contributed by atoms with E-state index in [1.165, 1.54) is 0 Å². The normalized spacial score (nSPS) is 23.8. The monoisotopic (exact) mass is 340 g/mol. The van der Waals surface area contributed by atoms with E-state index < -0.39 is 12.0 Å². The maximum absolute atomic E-state index is 12.6. The first kappa shape index (κ1) is 16.9. The van der Waals surface area contributed by atoms with Gasteiger partial charge < -0.3 is 9.64 Å². The predicted molar refractivity (Wildman–Crippen MR) is 84.1 cm³/mol. The topological polar surface area (TPSA) is 58.6 Å². The number of amides is 1. The lowest BCUT2D eigenvalue weighted by Gasteiger charge is -2.41. The van der Waals surface area contributed by atoms with Gasteiger partial charge in [0.25, 0.3) is 6.43 Å². The van der Waals surface area contributed by atoms with Crippen LogP contribution in [0.25, 0.3) is 0 Å². The van der Waals surface area contributed by atoms with Crippen molar-refractivity contribution in [3.8, 4) is 0 Å².